The lowest BCUT2D eigenvalue weighted by Gasteiger charge is -2.17. The van der Waals surface area contributed by atoms with Crippen molar-refractivity contribution in [3.63, 3.8) is 0 Å². The van der Waals surface area contributed by atoms with Gasteiger partial charge in [-0.1, -0.05) is 13.8 Å². The summed E-state index contributed by atoms with van der Waals surface area (Å²) < 4.78 is 26.9. The molecule has 1 heterocycles. The quantitative estimate of drug-likeness (QED) is 0.744. The molecule has 0 aliphatic heterocycles. The fourth-order valence-electron chi connectivity index (χ4n) is 1.55. The molecule has 3 N–H and O–H groups in total. The average Bonchev–Trinajstić information content (AvgIpc) is 2.84. The summed E-state index contributed by atoms with van der Waals surface area (Å²) in [5.41, 5.74) is 6.32. The standard InChI is InChI=1S/C11H21N3O2S2/c1-3-14(4-2)6-5-13-18(15,16)11-7-10(8-12)9-17-11/h7,9,13H,3-6,8,12H2,1-2H3. The summed E-state index contributed by atoms with van der Waals surface area (Å²) in [6.07, 6.45) is 0. The first kappa shape index (κ1) is 15.6. The minimum absolute atomic E-state index is 0.336. The topological polar surface area (TPSA) is 75.4 Å². The minimum Gasteiger partial charge on any atom is -0.326 e. The Labute approximate surface area is 113 Å². The van der Waals surface area contributed by atoms with E-state index in [1.165, 1.54) is 11.3 Å². The Kier molecular flexibility index (Phi) is 6.24. The van der Waals surface area contributed by atoms with Gasteiger partial charge in [0, 0.05) is 19.6 Å². The number of nitrogens with two attached hydrogens (primary N) is 1. The molecular formula is C11H21N3O2S2. The molecule has 1 rings (SSSR count). The molecular weight excluding hydrogens is 270 g/mol. The van der Waals surface area contributed by atoms with Crippen molar-refractivity contribution in [1.29, 1.82) is 0 Å². The van der Waals surface area contributed by atoms with E-state index in [1.54, 1.807) is 11.4 Å². The monoisotopic (exact) mass is 291 g/mol. The molecule has 0 saturated carbocycles. The molecule has 0 fully saturated rings. The van der Waals surface area contributed by atoms with Crippen LogP contribution in [-0.2, 0) is 16.6 Å². The van der Waals surface area contributed by atoms with E-state index in [0.29, 0.717) is 17.3 Å². The van der Waals surface area contributed by atoms with Crippen molar-refractivity contribution in [2.75, 3.05) is 26.2 Å². The smallest absolute Gasteiger partial charge is 0.250 e. The molecule has 0 spiro atoms. The van der Waals surface area contributed by atoms with Crippen molar-refractivity contribution in [3.8, 4) is 0 Å². The van der Waals surface area contributed by atoms with Crippen LogP contribution in [0.1, 0.15) is 19.4 Å². The summed E-state index contributed by atoms with van der Waals surface area (Å²) in [5, 5.41) is 1.78. The predicted octanol–water partition coefficient (Wildman–Crippen LogP) is 0.827. The van der Waals surface area contributed by atoms with Crippen LogP contribution in [0.5, 0.6) is 0 Å². The van der Waals surface area contributed by atoms with Crippen LogP contribution in [0.25, 0.3) is 0 Å². The highest BCUT2D eigenvalue weighted by Gasteiger charge is 2.16. The summed E-state index contributed by atoms with van der Waals surface area (Å²) in [4.78, 5) is 2.17. The number of thiophene rings is 1. The molecule has 0 radical (unpaired) electrons. The number of rotatable bonds is 8. The summed E-state index contributed by atoms with van der Waals surface area (Å²) in [6.45, 7) is 7.49. The van der Waals surface area contributed by atoms with Gasteiger partial charge >= 0.3 is 0 Å². The Morgan fingerprint density at radius 2 is 2.06 bits per heavy atom. The highest BCUT2D eigenvalue weighted by molar-refractivity contribution is 7.91. The van der Waals surface area contributed by atoms with Gasteiger partial charge in [-0.2, -0.15) is 0 Å². The van der Waals surface area contributed by atoms with Crippen LogP contribution < -0.4 is 10.5 Å². The second kappa shape index (κ2) is 7.20. The largest absolute Gasteiger partial charge is 0.326 e. The van der Waals surface area contributed by atoms with Crippen LogP contribution in [-0.4, -0.2) is 39.5 Å². The second-order valence-corrected chi connectivity index (χ2v) is 6.81. The number of nitrogens with zero attached hydrogens (tertiary/aromatic N) is 1. The lowest BCUT2D eigenvalue weighted by atomic mass is 10.4. The van der Waals surface area contributed by atoms with Crippen molar-refractivity contribution in [3.05, 3.63) is 17.0 Å². The molecule has 0 aliphatic carbocycles. The molecule has 0 atom stereocenters. The van der Waals surface area contributed by atoms with Gasteiger partial charge in [0.1, 0.15) is 4.21 Å². The highest BCUT2D eigenvalue weighted by Crippen LogP contribution is 2.19. The van der Waals surface area contributed by atoms with E-state index in [4.69, 9.17) is 5.73 Å². The van der Waals surface area contributed by atoms with Crippen LogP contribution in [0.2, 0.25) is 0 Å². The zero-order valence-electron chi connectivity index (χ0n) is 10.8. The van der Waals surface area contributed by atoms with E-state index < -0.39 is 10.0 Å². The molecule has 0 aliphatic rings. The van der Waals surface area contributed by atoms with E-state index in [2.05, 4.69) is 23.5 Å². The zero-order valence-corrected chi connectivity index (χ0v) is 12.5. The van der Waals surface area contributed by atoms with E-state index >= 15 is 0 Å². The molecule has 1 aromatic heterocycles. The Bertz CT molecular complexity index is 453. The van der Waals surface area contributed by atoms with Gasteiger partial charge in [0.2, 0.25) is 10.0 Å². The summed E-state index contributed by atoms with van der Waals surface area (Å²) in [7, 11) is -3.38. The number of sulfonamides is 1. The van der Waals surface area contributed by atoms with Crippen LogP contribution in [0.3, 0.4) is 0 Å². The van der Waals surface area contributed by atoms with Crippen molar-refractivity contribution in [2.24, 2.45) is 5.73 Å². The number of likely N-dealkylation sites (N-methyl/N-ethyl adjacent to an activating group) is 1. The van der Waals surface area contributed by atoms with Gasteiger partial charge in [-0.05, 0) is 30.1 Å². The maximum absolute atomic E-state index is 12.0. The zero-order chi connectivity index (χ0) is 13.6. The lowest BCUT2D eigenvalue weighted by molar-refractivity contribution is 0.309. The van der Waals surface area contributed by atoms with Crippen LogP contribution in [0.4, 0.5) is 0 Å². The maximum atomic E-state index is 12.0. The summed E-state index contributed by atoms with van der Waals surface area (Å²) in [5.74, 6) is 0. The first-order valence-corrected chi connectivity index (χ1v) is 8.39. The van der Waals surface area contributed by atoms with Crippen LogP contribution >= 0.6 is 11.3 Å². The van der Waals surface area contributed by atoms with Gasteiger partial charge in [0.25, 0.3) is 0 Å². The third-order valence-electron chi connectivity index (χ3n) is 2.74. The van der Waals surface area contributed by atoms with Crippen molar-refractivity contribution < 1.29 is 8.42 Å². The summed E-state index contributed by atoms with van der Waals surface area (Å²) in [6, 6.07) is 1.63. The fourth-order valence-corrected chi connectivity index (χ4v) is 3.84. The van der Waals surface area contributed by atoms with E-state index in [1.807, 2.05) is 0 Å². The fraction of sp³-hybridized carbons (Fsp3) is 0.636. The molecule has 0 bridgehead atoms. The second-order valence-electron chi connectivity index (χ2n) is 3.90. The molecule has 7 heteroatoms. The van der Waals surface area contributed by atoms with E-state index in [-0.39, 0.29) is 0 Å². The maximum Gasteiger partial charge on any atom is 0.250 e. The van der Waals surface area contributed by atoms with E-state index in [0.717, 1.165) is 25.2 Å². The Morgan fingerprint density at radius 3 is 2.56 bits per heavy atom. The molecule has 0 amide bonds. The van der Waals surface area contributed by atoms with E-state index in [9.17, 15) is 8.42 Å². The minimum atomic E-state index is -3.38. The van der Waals surface area contributed by atoms with Crippen molar-refractivity contribution >= 4 is 21.4 Å². The lowest BCUT2D eigenvalue weighted by Crippen LogP contribution is -2.34. The molecule has 18 heavy (non-hydrogen) atoms. The van der Waals surface area contributed by atoms with Crippen LogP contribution in [0.15, 0.2) is 15.7 Å². The molecule has 5 nitrogen and oxygen atoms in total. The van der Waals surface area contributed by atoms with Crippen molar-refractivity contribution in [1.82, 2.24) is 9.62 Å². The van der Waals surface area contributed by atoms with Gasteiger partial charge < -0.3 is 10.6 Å². The molecule has 104 valence electrons. The van der Waals surface area contributed by atoms with Gasteiger partial charge in [-0.25, -0.2) is 13.1 Å². The number of nitrogens with one attached hydrogen (secondary N) is 1. The molecule has 0 aromatic carbocycles. The SMILES string of the molecule is CCN(CC)CCNS(=O)(=O)c1cc(CN)cs1. The van der Waals surface area contributed by atoms with Gasteiger partial charge in [-0.3, -0.25) is 0 Å². The van der Waals surface area contributed by atoms with Crippen molar-refractivity contribution in [2.45, 2.75) is 24.6 Å². The first-order valence-electron chi connectivity index (χ1n) is 6.03. The molecule has 1 aromatic rings. The molecule has 0 unspecified atom stereocenters. The number of hydrogen-bond donors (Lipinski definition) is 2. The number of hydrogen-bond acceptors (Lipinski definition) is 5. The normalized spacial score (nSPS) is 12.2. The third-order valence-corrected chi connectivity index (χ3v) is 5.69. The highest BCUT2D eigenvalue weighted by atomic mass is 32.2. The predicted molar refractivity (Wildman–Crippen MR) is 75.2 cm³/mol. The Morgan fingerprint density at radius 1 is 1.39 bits per heavy atom. The van der Waals surface area contributed by atoms with Gasteiger partial charge in [0.15, 0.2) is 0 Å². The van der Waals surface area contributed by atoms with Gasteiger partial charge in [0.05, 0.1) is 0 Å². The third kappa shape index (κ3) is 4.33. The Hall–Kier alpha value is -0.470. The average molecular weight is 291 g/mol. The van der Waals surface area contributed by atoms with Crippen LogP contribution in [0, 0.1) is 0 Å². The first-order chi connectivity index (χ1) is 8.53. The Balaban J connectivity index is 2.54. The molecule has 0 saturated heterocycles. The van der Waals surface area contributed by atoms with Gasteiger partial charge in [-0.15, -0.1) is 11.3 Å². The summed E-state index contributed by atoms with van der Waals surface area (Å²) >= 11 is 1.21.